The second-order valence-corrected chi connectivity index (χ2v) is 7.86. The van der Waals surface area contributed by atoms with Crippen molar-refractivity contribution in [1.82, 2.24) is 9.80 Å². The molecule has 33 heavy (non-hydrogen) atoms. The summed E-state index contributed by atoms with van der Waals surface area (Å²) < 4.78 is 21.7. The second-order valence-electron chi connectivity index (χ2n) is 7.86. The van der Waals surface area contributed by atoms with E-state index in [1.54, 1.807) is 24.3 Å². The van der Waals surface area contributed by atoms with Crippen molar-refractivity contribution < 1.29 is 33.3 Å². The van der Waals surface area contributed by atoms with Crippen molar-refractivity contribution in [3.05, 3.63) is 59.3 Å². The lowest BCUT2D eigenvalue weighted by Crippen LogP contribution is -2.39. The lowest BCUT2D eigenvalue weighted by atomic mass is 9.94. The van der Waals surface area contributed by atoms with Gasteiger partial charge in [0.25, 0.3) is 5.91 Å². The highest BCUT2D eigenvalue weighted by Crippen LogP contribution is 2.45. The van der Waals surface area contributed by atoms with Crippen LogP contribution in [0, 0.1) is 0 Å². The van der Waals surface area contributed by atoms with Crippen molar-refractivity contribution in [2.75, 3.05) is 53.6 Å². The van der Waals surface area contributed by atoms with Crippen LogP contribution in [0.1, 0.15) is 28.6 Å². The van der Waals surface area contributed by atoms with E-state index in [1.807, 2.05) is 0 Å². The van der Waals surface area contributed by atoms with Gasteiger partial charge < -0.3 is 28.6 Å². The Bertz CT molecular complexity index is 1030. The van der Waals surface area contributed by atoms with Crippen LogP contribution in [0.4, 0.5) is 0 Å². The maximum atomic E-state index is 13.3. The van der Waals surface area contributed by atoms with Crippen LogP contribution in [-0.2, 0) is 9.53 Å². The van der Waals surface area contributed by atoms with Gasteiger partial charge in [-0.2, -0.15) is 0 Å². The summed E-state index contributed by atoms with van der Waals surface area (Å²) in [5.74, 6) is -0.801. The van der Waals surface area contributed by atoms with Crippen LogP contribution in [0.15, 0.2) is 52.3 Å². The quantitative estimate of drug-likeness (QED) is 0.575. The summed E-state index contributed by atoms with van der Waals surface area (Å²) in [4.78, 5) is 30.2. The first-order valence-corrected chi connectivity index (χ1v) is 10.9. The molecule has 0 bridgehead atoms. The highest BCUT2D eigenvalue weighted by Gasteiger charge is 2.45. The van der Waals surface area contributed by atoms with Gasteiger partial charge in [0.15, 0.2) is 23.0 Å². The molecule has 0 aliphatic carbocycles. The zero-order chi connectivity index (χ0) is 23.4. The number of furan rings is 1. The molecule has 2 aliphatic heterocycles. The van der Waals surface area contributed by atoms with Gasteiger partial charge in [0, 0.05) is 31.7 Å². The molecule has 176 valence electrons. The van der Waals surface area contributed by atoms with Crippen LogP contribution in [0.25, 0.3) is 0 Å². The van der Waals surface area contributed by atoms with Gasteiger partial charge in [0.05, 0.1) is 45.3 Å². The fourth-order valence-corrected chi connectivity index (χ4v) is 4.40. The highest BCUT2D eigenvalue weighted by molar-refractivity contribution is 6.15. The Kier molecular flexibility index (Phi) is 7.00. The van der Waals surface area contributed by atoms with E-state index in [2.05, 4.69) is 4.90 Å². The largest absolute Gasteiger partial charge is 0.503 e. The van der Waals surface area contributed by atoms with Gasteiger partial charge in [-0.15, -0.1) is 0 Å². The molecule has 1 aromatic heterocycles. The Hall–Kier alpha value is -3.30. The van der Waals surface area contributed by atoms with Crippen molar-refractivity contribution in [3.63, 3.8) is 0 Å². The standard InChI is InChI=1S/C24H28N2O7/c1-30-18-7-3-6-16(23(18)31-2)20-19(21(27)17-8-4-13-33-17)22(28)24(29)26(20)10-5-9-25-11-14-32-15-12-25/h3-4,6-8,13,20,28H,5,9-12,14-15H2,1-2H3. The number of para-hydroxylation sites is 1. The van der Waals surface area contributed by atoms with E-state index in [4.69, 9.17) is 18.6 Å². The number of amides is 1. The number of ether oxygens (including phenoxy) is 3. The molecule has 1 saturated heterocycles. The molecule has 2 aliphatic rings. The minimum atomic E-state index is -0.843. The number of carbonyl (C=O) groups is 2. The number of hydrogen-bond donors (Lipinski definition) is 1. The number of carbonyl (C=O) groups excluding carboxylic acids is 2. The number of methoxy groups -OCH3 is 2. The number of Topliss-reactive ketones (excluding diaryl/α,β-unsaturated/α-hetero) is 1. The van der Waals surface area contributed by atoms with Gasteiger partial charge >= 0.3 is 0 Å². The van der Waals surface area contributed by atoms with Crippen LogP contribution in [0.5, 0.6) is 11.5 Å². The number of hydrogen-bond acceptors (Lipinski definition) is 8. The second kappa shape index (κ2) is 10.1. The van der Waals surface area contributed by atoms with Gasteiger partial charge in [-0.3, -0.25) is 14.5 Å². The van der Waals surface area contributed by atoms with E-state index >= 15 is 0 Å². The first-order valence-electron chi connectivity index (χ1n) is 10.9. The molecule has 1 N–H and O–H groups in total. The molecule has 0 spiro atoms. The average molecular weight is 456 g/mol. The number of benzene rings is 1. The molecule has 2 aromatic rings. The Morgan fingerprint density at radius 2 is 1.91 bits per heavy atom. The first-order chi connectivity index (χ1) is 16.1. The third kappa shape index (κ3) is 4.46. The Balaban J connectivity index is 1.68. The fraction of sp³-hybridized carbons (Fsp3) is 0.417. The Morgan fingerprint density at radius 3 is 2.58 bits per heavy atom. The normalized spacial score (nSPS) is 19.3. The molecule has 9 heteroatoms. The molecule has 1 unspecified atom stereocenters. The molecule has 1 fully saturated rings. The summed E-state index contributed by atoms with van der Waals surface area (Å²) in [7, 11) is 3.02. The number of aliphatic hydroxyl groups is 1. The Morgan fingerprint density at radius 1 is 1.12 bits per heavy atom. The van der Waals surface area contributed by atoms with Crippen molar-refractivity contribution in [1.29, 1.82) is 0 Å². The van der Waals surface area contributed by atoms with Crippen LogP contribution in [0.3, 0.4) is 0 Å². The number of morpholine rings is 1. The van der Waals surface area contributed by atoms with E-state index in [0.29, 0.717) is 43.2 Å². The molecule has 3 heterocycles. The number of rotatable bonds is 9. The topological polar surface area (TPSA) is 102 Å². The minimum Gasteiger partial charge on any atom is -0.503 e. The molecule has 9 nitrogen and oxygen atoms in total. The van der Waals surface area contributed by atoms with Gasteiger partial charge in [0.2, 0.25) is 5.78 Å². The van der Waals surface area contributed by atoms with Crippen LogP contribution in [-0.4, -0.2) is 80.2 Å². The molecule has 1 amide bonds. The lowest BCUT2D eigenvalue weighted by molar-refractivity contribution is -0.129. The maximum absolute atomic E-state index is 13.3. The van der Waals surface area contributed by atoms with Gasteiger partial charge in [-0.1, -0.05) is 12.1 Å². The zero-order valence-corrected chi connectivity index (χ0v) is 18.8. The molecule has 1 atom stereocenters. The highest BCUT2D eigenvalue weighted by atomic mass is 16.5. The molecular formula is C24H28N2O7. The first kappa shape index (κ1) is 22.9. The predicted octanol–water partition coefficient (Wildman–Crippen LogP) is 2.60. The monoisotopic (exact) mass is 456 g/mol. The van der Waals surface area contributed by atoms with Gasteiger partial charge in [-0.05, 0) is 24.6 Å². The van der Waals surface area contributed by atoms with Crippen molar-refractivity contribution in [3.8, 4) is 11.5 Å². The Labute approximate surface area is 192 Å². The molecule has 0 radical (unpaired) electrons. The summed E-state index contributed by atoms with van der Waals surface area (Å²) in [6.45, 7) is 4.18. The molecule has 4 rings (SSSR count). The van der Waals surface area contributed by atoms with Crippen LogP contribution >= 0.6 is 0 Å². The van der Waals surface area contributed by atoms with E-state index in [1.165, 1.54) is 31.4 Å². The zero-order valence-electron chi connectivity index (χ0n) is 18.8. The predicted molar refractivity (Wildman–Crippen MR) is 119 cm³/mol. The summed E-state index contributed by atoms with van der Waals surface area (Å²) >= 11 is 0. The summed E-state index contributed by atoms with van der Waals surface area (Å²) in [5.41, 5.74) is 0.517. The maximum Gasteiger partial charge on any atom is 0.290 e. The molecule has 0 saturated carbocycles. The summed E-state index contributed by atoms with van der Waals surface area (Å²) in [6.07, 6.45) is 2.05. The average Bonchev–Trinajstić information content (AvgIpc) is 3.47. The van der Waals surface area contributed by atoms with Crippen molar-refractivity contribution in [2.45, 2.75) is 12.5 Å². The van der Waals surface area contributed by atoms with Crippen molar-refractivity contribution in [2.24, 2.45) is 0 Å². The van der Waals surface area contributed by atoms with Gasteiger partial charge in [0.1, 0.15) is 0 Å². The van der Waals surface area contributed by atoms with Crippen molar-refractivity contribution >= 4 is 11.7 Å². The third-order valence-corrected chi connectivity index (χ3v) is 6.00. The number of ketones is 1. The smallest absolute Gasteiger partial charge is 0.290 e. The summed E-state index contributed by atoms with van der Waals surface area (Å²) in [5, 5.41) is 10.8. The van der Waals surface area contributed by atoms with Gasteiger partial charge in [-0.25, -0.2) is 0 Å². The van der Waals surface area contributed by atoms with Crippen LogP contribution < -0.4 is 9.47 Å². The fourth-order valence-electron chi connectivity index (χ4n) is 4.40. The van der Waals surface area contributed by atoms with E-state index < -0.39 is 23.5 Å². The summed E-state index contributed by atoms with van der Waals surface area (Å²) in [6, 6.07) is 7.51. The van der Waals surface area contributed by atoms with E-state index in [-0.39, 0.29) is 11.3 Å². The lowest BCUT2D eigenvalue weighted by Gasteiger charge is -2.30. The number of nitrogens with zero attached hydrogens (tertiary/aromatic N) is 2. The SMILES string of the molecule is COc1cccc(C2C(C(=O)c3ccco3)=C(O)C(=O)N2CCCN2CCOCC2)c1OC. The van der Waals surface area contributed by atoms with E-state index in [9.17, 15) is 14.7 Å². The molecule has 1 aromatic carbocycles. The molecular weight excluding hydrogens is 428 g/mol. The van der Waals surface area contributed by atoms with E-state index in [0.717, 1.165) is 19.6 Å². The third-order valence-electron chi connectivity index (χ3n) is 6.00. The number of aliphatic hydroxyl groups excluding tert-OH is 1. The van der Waals surface area contributed by atoms with Crippen LogP contribution in [0.2, 0.25) is 0 Å². The minimum absolute atomic E-state index is 0.0344.